The molecule has 1 saturated heterocycles. The Bertz CT molecular complexity index is 456. The highest BCUT2D eigenvalue weighted by atomic mass is 19.1. The molecule has 2 fully saturated rings. The van der Waals surface area contributed by atoms with Crippen LogP contribution in [0.3, 0.4) is 0 Å². The molecule has 1 aromatic carbocycles. The summed E-state index contributed by atoms with van der Waals surface area (Å²) in [6.45, 7) is 2.40. The van der Waals surface area contributed by atoms with E-state index in [1.165, 1.54) is 44.9 Å². The van der Waals surface area contributed by atoms with E-state index in [-0.39, 0.29) is 5.82 Å². The molecule has 2 aliphatic rings. The molecule has 0 bridgehead atoms. The van der Waals surface area contributed by atoms with Gasteiger partial charge in [-0.2, -0.15) is 0 Å². The Morgan fingerprint density at radius 2 is 1.75 bits per heavy atom. The number of nitrogens with two attached hydrogens (primary N) is 1. The summed E-state index contributed by atoms with van der Waals surface area (Å²) in [5.74, 6) is -0.118. The van der Waals surface area contributed by atoms with Crippen molar-refractivity contribution in [3.63, 3.8) is 0 Å². The molecule has 0 unspecified atom stereocenters. The molecule has 0 radical (unpaired) electrons. The van der Waals surface area contributed by atoms with Gasteiger partial charge in [-0.25, -0.2) is 4.39 Å². The number of rotatable bonds is 2. The summed E-state index contributed by atoms with van der Waals surface area (Å²) in [5.41, 5.74) is 7.76. The van der Waals surface area contributed by atoms with Crippen LogP contribution in [0.4, 0.5) is 10.1 Å². The first kappa shape index (κ1) is 13.9. The van der Waals surface area contributed by atoms with Gasteiger partial charge in [0.05, 0.1) is 5.69 Å². The van der Waals surface area contributed by atoms with Gasteiger partial charge in [-0.3, -0.25) is 0 Å². The molecule has 0 amide bonds. The highest BCUT2D eigenvalue weighted by molar-refractivity contribution is 5.49. The fourth-order valence-electron chi connectivity index (χ4n) is 3.96. The standard InChI is InChI=1S/C17H25FN2/c18-15-12-14(13-19)4-5-16(15)20-10-8-17(9-11-20)6-2-1-3-7-17/h4-5,12H,1-3,6-11,13,19H2. The number of piperidine rings is 1. The largest absolute Gasteiger partial charge is 0.369 e. The highest BCUT2D eigenvalue weighted by Crippen LogP contribution is 2.45. The summed E-state index contributed by atoms with van der Waals surface area (Å²) < 4.78 is 14.2. The van der Waals surface area contributed by atoms with Gasteiger partial charge in [0.1, 0.15) is 5.82 Å². The minimum atomic E-state index is -0.118. The third kappa shape index (κ3) is 2.69. The normalized spacial score (nSPS) is 22.2. The minimum Gasteiger partial charge on any atom is -0.369 e. The quantitative estimate of drug-likeness (QED) is 0.889. The summed E-state index contributed by atoms with van der Waals surface area (Å²) in [6, 6.07) is 5.43. The van der Waals surface area contributed by atoms with Gasteiger partial charge in [-0.15, -0.1) is 0 Å². The van der Waals surface area contributed by atoms with Crippen molar-refractivity contribution in [3.05, 3.63) is 29.6 Å². The maximum absolute atomic E-state index is 14.2. The first-order chi connectivity index (χ1) is 9.72. The van der Waals surface area contributed by atoms with E-state index < -0.39 is 0 Å². The minimum absolute atomic E-state index is 0.118. The number of anilines is 1. The first-order valence-corrected chi connectivity index (χ1v) is 7.96. The number of benzene rings is 1. The summed E-state index contributed by atoms with van der Waals surface area (Å²) in [7, 11) is 0. The predicted molar refractivity (Wildman–Crippen MR) is 81.3 cm³/mol. The molecule has 2 N–H and O–H groups in total. The molecule has 3 rings (SSSR count). The second-order valence-electron chi connectivity index (χ2n) is 6.54. The van der Waals surface area contributed by atoms with Crippen molar-refractivity contribution in [3.8, 4) is 0 Å². The van der Waals surface area contributed by atoms with Crippen LogP contribution in [0.2, 0.25) is 0 Å². The summed E-state index contributed by atoms with van der Waals surface area (Å²) in [6.07, 6.45) is 9.40. The van der Waals surface area contributed by atoms with Crippen LogP contribution in [0, 0.1) is 11.2 Å². The lowest BCUT2D eigenvalue weighted by atomic mass is 9.68. The van der Waals surface area contributed by atoms with Gasteiger partial charge in [0.2, 0.25) is 0 Å². The van der Waals surface area contributed by atoms with Gasteiger partial charge in [-0.1, -0.05) is 25.3 Å². The van der Waals surface area contributed by atoms with E-state index in [1.54, 1.807) is 6.07 Å². The second-order valence-corrected chi connectivity index (χ2v) is 6.54. The molecule has 1 spiro atoms. The fraction of sp³-hybridized carbons (Fsp3) is 0.647. The van der Waals surface area contributed by atoms with Crippen molar-refractivity contribution in [2.24, 2.45) is 11.1 Å². The van der Waals surface area contributed by atoms with Crippen molar-refractivity contribution in [2.45, 2.75) is 51.5 Å². The smallest absolute Gasteiger partial charge is 0.146 e. The van der Waals surface area contributed by atoms with Crippen molar-refractivity contribution >= 4 is 5.69 Å². The SMILES string of the molecule is NCc1ccc(N2CCC3(CCCCC3)CC2)c(F)c1. The molecule has 1 aliphatic carbocycles. The zero-order valence-corrected chi connectivity index (χ0v) is 12.2. The molecule has 2 nitrogen and oxygen atoms in total. The summed E-state index contributed by atoms with van der Waals surface area (Å²) >= 11 is 0. The van der Waals surface area contributed by atoms with Crippen LogP contribution in [0.25, 0.3) is 0 Å². The van der Waals surface area contributed by atoms with Crippen LogP contribution in [-0.4, -0.2) is 13.1 Å². The van der Waals surface area contributed by atoms with Crippen LogP contribution in [0.1, 0.15) is 50.5 Å². The highest BCUT2D eigenvalue weighted by Gasteiger charge is 2.35. The lowest BCUT2D eigenvalue weighted by Gasteiger charge is -2.45. The average Bonchev–Trinajstić information content (AvgIpc) is 2.49. The van der Waals surface area contributed by atoms with Crippen LogP contribution >= 0.6 is 0 Å². The summed E-state index contributed by atoms with van der Waals surface area (Å²) in [4.78, 5) is 2.22. The van der Waals surface area contributed by atoms with E-state index in [0.29, 0.717) is 12.0 Å². The lowest BCUT2D eigenvalue weighted by Crippen LogP contribution is -2.41. The van der Waals surface area contributed by atoms with Gasteiger partial charge >= 0.3 is 0 Å². The van der Waals surface area contributed by atoms with Crippen molar-refractivity contribution in [2.75, 3.05) is 18.0 Å². The van der Waals surface area contributed by atoms with E-state index in [2.05, 4.69) is 4.90 Å². The van der Waals surface area contributed by atoms with Gasteiger partial charge in [0.15, 0.2) is 0 Å². The van der Waals surface area contributed by atoms with Crippen LogP contribution in [-0.2, 0) is 6.54 Å². The van der Waals surface area contributed by atoms with E-state index in [1.807, 2.05) is 12.1 Å². The molecule has 110 valence electrons. The summed E-state index contributed by atoms with van der Waals surface area (Å²) in [5, 5.41) is 0. The Kier molecular flexibility index (Phi) is 3.97. The maximum atomic E-state index is 14.2. The van der Waals surface area contributed by atoms with E-state index >= 15 is 0 Å². The molecule has 1 heterocycles. The van der Waals surface area contributed by atoms with Crippen LogP contribution in [0.5, 0.6) is 0 Å². The van der Waals surface area contributed by atoms with E-state index in [4.69, 9.17) is 5.73 Å². The average molecular weight is 276 g/mol. The van der Waals surface area contributed by atoms with Gasteiger partial charge in [0.25, 0.3) is 0 Å². The molecule has 0 aromatic heterocycles. The second kappa shape index (κ2) is 5.72. The Labute approximate surface area is 121 Å². The Hall–Kier alpha value is -1.09. The predicted octanol–water partition coefficient (Wildman–Crippen LogP) is 3.84. The molecule has 1 saturated carbocycles. The van der Waals surface area contributed by atoms with Crippen LogP contribution < -0.4 is 10.6 Å². The third-order valence-electron chi connectivity index (χ3n) is 5.33. The third-order valence-corrected chi connectivity index (χ3v) is 5.33. The van der Waals surface area contributed by atoms with Gasteiger partial charge in [-0.05, 0) is 48.8 Å². The molecule has 3 heteroatoms. The molecule has 1 aromatic rings. The Morgan fingerprint density at radius 3 is 2.35 bits per heavy atom. The molecular formula is C17H25FN2. The number of hydrogen-bond donors (Lipinski definition) is 1. The zero-order valence-electron chi connectivity index (χ0n) is 12.2. The molecule has 1 aliphatic heterocycles. The van der Waals surface area contributed by atoms with Crippen molar-refractivity contribution in [1.29, 1.82) is 0 Å². The van der Waals surface area contributed by atoms with Gasteiger partial charge < -0.3 is 10.6 Å². The number of hydrogen-bond acceptors (Lipinski definition) is 2. The Morgan fingerprint density at radius 1 is 1.05 bits per heavy atom. The molecule has 0 atom stereocenters. The van der Waals surface area contributed by atoms with Gasteiger partial charge in [0, 0.05) is 19.6 Å². The van der Waals surface area contributed by atoms with Crippen molar-refractivity contribution < 1.29 is 4.39 Å². The van der Waals surface area contributed by atoms with E-state index in [0.717, 1.165) is 24.3 Å². The van der Waals surface area contributed by atoms with Crippen LogP contribution in [0.15, 0.2) is 18.2 Å². The zero-order chi connectivity index (χ0) is 14.0. The molecule has 20 heavy (non-hydrogen) atoms. The molecular weight excluding hydrogens is 251 g/mol. The topological polar surface area (TPSA) is 29.3 Å². The number of halogens is 1. The lowest BCUT2D eigenvalue weighted by molar-refractivity contribution is 0.144. The maximum Gasteiger partial charge on any atom is 0.146 e. The monoisotopic (exact) mass is 276 g/mol. The Balaban J connectivity index is 1.68. The van der Waals surface area contributed by atoms with Crippen molar-refractivity contribution in [1.82, 2.24) is 0 Å². The van der Waals surface area contributed by atoms with E-state index in [9.17, 15) is 4.39 Å². The number of nitrogens with zero attached hydrogens (tertiary/aromatic N) is 1. The fourth-order valence-corrected chi connectivity index (χ4v) is 3.96. The first-order valence-electron chi connectivity index (χ1n) is 7.96.